The van der Waals surface area contributed by atoms with E-state index >= 15 is 0 Å². The largest absolute Gasteiger partial charge is 0.494 e. The Hall–Kier alpha value is -3.78. The van der Waals surface area contributed by atoms with Gasteiger partial charge in [0.2, 0.25) is 0 Å². The van der Waals surface area contributed by atoms with Crippen LogP contribution in [-0.4, -0.2) is 32.7 Å². The standard InChI is InChI=1S/C24H23FN4O3/c1-14-11-22-26-21(27-23(30)15-5-8-17(9-6-15)24(2,3)31)13-19(29(22)28-14)16-7-10-20(32-4)18(25)12-16/h5-13,31H,1-4H3,(H,26,27,30). The summed E-state index contributed by atoms with van der Waals surface area (Å²) in [6.07, 6.45) is 0. The van der Waals surface area contributed by atoms with Gasteiger partial charge in [-0.05, 0) is 56.7 Å². The number of rotatable bonds is 5. The first-order valence-corrected chi connectivity index (χ1v) is 10.0. The van der Waals surface area contributed by atoms with Gasteiger partial charge in [0, 0.05) is 23.3 Å². The van der Waals surface area contributed by atoms with Gasteiger partial charge in [0.15, 0.2) is 17.2 Å². The Labute approximate surface area is 184 Å². The first kappa shape index (κ1) is 21.5. The lowest BCUT2D eigenvalue weighted by Crippen LogP contribution is -2.17. The topological polar surface area (TPSA) is 88.8 Å². The van der Waals surface area contributed by atoms with Crippen LogP contribution in [0.1, 0.15) is 35.5 Å². The smallest absolute Gasteiger partial charge is 0.256 e. The van der Waals surface area contributed by atoms with Crippen LogP contribution in [0.25, 0.3) is 16.9 Å². The van der Waals surface area contributed by atoms with Gasteiger partial charge >= 0.3 is 0 Å². The number of carbonyl (C=O) groups is 1. The summed E-state index contributed by atoms with van der Waals surface area (Å²) in [6.45, 7) is 5.19. The van der Waals surface area contributed by atoms with Crippen LogP contribution >= 0.6 is 0 Å². The molecular weight excluding hydrogens is 411 g/mol. The van der Waals surface area contributed by atoms with Crippen LogP contribution in [0, 0.1) is 12.7 Å². The predicted molar refractivity (Wildman–Crippen MR) is 119 cm³/mol. The van der Waals surface area contributed by atoms with Crippen molar-refractivity contribution in [2.45, 2.75) is 26.4 Å². The summed E-state index contributed by atoms with van der Waals surface area (Å²) in [5.74, 6) is -0.414. The van der Waals surface area contributed by atoms with E-state index in [0.717, 1.165) is 5.69 Å². The number of aromatic nitrogens is 3. The molecule has 2 heterocycles. The number of benzene rings is 2. The van der Waals surface area contributed by atoms with Gasteiger partial charge in [-0.25, -0.2) is 13.9 Å². The molecule has 4 aromatic rings. The third-order valence-corrected chi connectivity index (χ3v) is 5.09. The van der Waals surface area contributed by atoms with Crippen molar-refractivity contribution in [2.75, 3.05) is 12.4 Å². The van der Waals surface area contributed by atoms with Gasteiger partial charge in [-0.3, -0.25) is 4.79 Å². The van der Waals surface area contributed by atoms with Crippen LogP contribution in [0.4, 0.5) is 10.2 Å². The average Bonchev–Trinajstić information content (AvgIpc) is 3.12. The molecule has 8 heteroatoms. The van der Waals surface area contributed by atoms with Crippen molar-refractivity contribution in [3.63, 3.8) is 0 Å². The molecule has 32 heavy (non-hydrogen) atoms. The molecule has 0 radical (unpaired) electrons. The zero-order valence-electron chi connectivity index (χ0n) is 18.2. The van der Waals surface area contributed by atoms with Crippen molar-refractivity contribution in [3.05, 3.63) is 77.2 Å². The molecule has 164 valence electrons. The number of hydrogen-bond donors (Lipinski definition) is 2. The molecule has 0 saturated carbocycles. The number of aliphatic hydroxyl groups is 1. The first-order valence-electron chi connectivity index (χ1n) is 10.0. The molecule has 0 bridgehead atoms. The molecule has 0 saturated heterocycles. The van der Waals surface area contributed by atoms with Crippen LogP contribution in [0.3, 0.4) is 0 Å². The Balaban J connectivity index is 1.71. The molecule has 2 aromatic heterocycles. The molecular formula is C24H23FN4O3. The first-order chi connectivity index (χ1) is 15.2. The van der Waals surface area contributed by atoms with E-state index in [0.29, 0.717) is 33.8 Å². The molecule has 4 rings (SSSR count). The van der Waals surface area contributed by atoms with Crippen LogP contribution in [-0.2, 0) is 5.60 Å². The van der Waals surface area contributed by atoms with Crippen LogP contribution in [0.15, 0.2) is 54.6 Å². The normalized spacial score (nSPS) is 11.6. The van der Waals surface area contributed by atoms with Crippen molar-refractivity contribution in [1.82, 2.24) is 14.6 Å². The molecule has 0 aliphatic heterocycles. The number of aryl methyl sites for hydroxylation is 1. The lowest BCUT2D eigenvalue weighted by atomic mass is 9.97. The number of anilines is 1. The van der Waals surface area contributed by atoms with Gasteiger partial charge in [-0.1, -0.05) is 12.1 Å². The quantitative estimate of drug-likeness (QED) is 0.488. The monoisotopic (exact) mass is 434 g/mol. The van der Waals surface area contributed by atoms with Crippen LogP contribution in [0.5, 0.6) is 5.75 Å². The summed E-state index contributed by atoms with van der Waals surface area (Å²) in [5.41, 5.74) is 2.50. The fraction of sp³-hybridized carbons (Fsp3) is 0.208. The molecule has 7 nitrogen and oxygen atoms in total. The van der Waals surface area contributed by atoms with Gasteiger partial charge < -0.3 is 15.2 Å². The van der Waals surface area contributed by atoms with Crippen molar-refractivity contribution >= 4 is 17.4 Å². The number of amides is 1. The second-order valence-corrected chi connectivity index (χ2v) is 8.02. The van der Waals surface area contributed by atoms with Gasteiger partial charge in [-0.15, -0.1) is 0 Å². The van der Waals surface area contributed by atoms with E-state index < -0.39 is 11.4 Å². The second kappa shape index (κ2) is 8.05. The van der Waals surface area contributed by atoms with E-state index in [1.165, 1.54) is 19.2 Å². The van der Waals surface area contributed by atoms with Crippen molar-refractivity contribution in [3.8, 4) is 17.0 Å². The molecule has 0 aliphatic rings. The minimum absolute atomic E-state index is 0.138. The zero-order chi connectivity index (χ0) is 23.0. The van der Waals surface area contributed by atoms with Crippen molar-refractivity contribution in [1.29, 1.82) is 0 Å². The number of nitrogens with one attached hydrogen (secondary N) is 1. The van der Waals surface area contributed by atoms with Gasteiger partial charge in [0.25, 0.3) is 5.91 Å². The Morgan fingerprint density at radius 3 is 2.47 bits per heavy atom. The van der Waals surface area contributed by atoms with E-state index in [2.05, 4.69) is 15.4 Å². The highest BCUT2D eigenvalue weighted by Crippen LogP contribution is 2.28. The number of halogens is 1. The molecule has 0 fully saturated rings. The summed E-state index contributed by atoms with van der Waals surface area (Å²) in [6, 6.07) is 14.7. The SMILES string of the molecule is COc1ccc(-c2cc(NC(=O)c3ccc(C(C)(C)O)cc3)nc3cc(C)nn23)cc1F. The maximum Gasteiger partial charge on any atom is 0.256 e. The highest BCUT2D eigenvalue weighted by molar-refractivity contribution is 6.04. The number of fused-ring (bicyclic) bond motifs is 1. The number of hydrogen-bond acceptors (Lipinski definition) is 5. The second-order valence-electron chi connectivity index (χ2n) is 8.02. The summed E-state index contributed by atoms with van der Waals surface area (Å²) in [5, 5.41) is 17.3. The van der Waals surface area contributed by atoms with Gasteiger partial charge in [0.05, 0.1) is 24.1 Å². The van der Waals surface area contributed by atoms with Crippen molar-refractivity contribution < 1.29 is 19.0 Å². The lowest BCUT2D eigenvalue weighted by molar-refractivity contribution is 0.0785. The Bertz CT molecular complexity index is 1310. The number of nitrogens with zero attached hydrogens (tertiary/aromatic N) is 3. The van der Waals surface area contributed by atoms with E-state index in [9.17, 15) is 14.3 Å². The number of carbonyl (C=O) groups excluding carboxylic acids is 1. The average molecular weight is 434 g/mol. The molecule has 0 spiro atoms. The summed E-state index contributed by atoms with van der Waals surface area (Å²) < 4.78 is 20.9. The number of methoxy groups -OCH3 is 1. The minimum atomic E-state index is -0.996. The maximum absolute atomic E-state index is 14.3. The summed E-state index contributed by atoms with van der Waals surface area (Å²) in [7, 11) is 1.40. The Morgan fingerprint density at radius 1 is 1.12 bits per heavy atom. The fourth-order valence-electron chi connectivity index (χ4n) is 3.40. The third-order valence-electron chi connectivity index (χ3n) is 5.09. The Morgan fingerprint density at radius 2 is 1.84 bits per heavy atom. The molecule has 0 aliphatic carbocycles. The number of ether oxygens (including phenoxy) is 1. The minimum Gasteiger partial charge on any atom is -0.494 e. The van der Waals surface area contributed by atoms with Crippen LogP contribution in [0.2, 0.25) is 0 Å². The third kappa shape index (κ3) is 4.17. The molecule has 1 amide bonds. The molecule has 0 unspecified atom stereocenters. The van der Waals surface area contributed by atoms with Crippen LogP contribution < -0.4 is 10.1 Å². The fourth-order valence-corrected chi connectivity index (χ4v) is 3.40. The zero-order valence-corrected chi connectivity index (χ0v) is 18.2. The molecule has 2 aromatic carbocycles. The predicted octanol–water partition coefficient (Wildman–Crippen LogP) is 4.33. The van der Waals surface area contributed by atoms with E-state index in [-0.39, 0.29) is 11.7 Å². The van der Waals surface area contributed by atoms with E-state index in [1.54, 1.807) is 60.8 Å². The molecule has 2 N–H and O–H groups in total. The summed E-state index contributed by atoms with van der Waals surface area (Å²) >= 11 is 0. The highest BCUT2D eigenvalue weighted by atomic mass is 19.1. The van der Waals surface area contributed by atoms with Gasteiger partial charge in [0.1, 0.15) is 5.82 Å². The van der Waals surface area contributed by atoms with E-state index in [1.807, 2.05) is 6.92 Å². The van der Waals surface area contributed by atoms with Crippen molar-refractivity contribution in [2.24, 2.45) is 0 Å². The van der Waals surface area contributed by atoms with Gasteiger partial charge in [-0.2, -0.15) is 5.10 Å². The maximum atomic E-state index is 14.3. The highest BCUT2D eigenvalue weighted by Gasteiger charge is 2.18. The Kier molecular flexibility index (Phi) is 5.40. The lowest BCUT2D eigenvalue weighted by Gasteiger charge is -2.17. The summed E-state index contributed by atoms with van der Waals surface area (Å²) in [4.78, 5) is 17.3. The molecule has 0 atom stereocenters. The van der Waals surface area contributed by atoms with E-state index in [4.69, 9.17) is 4.74 Å².